The zero-order valence-corrected chi connectivity index (χ0v) is 6.66. The third kappa shape index (κ3) is 0.845. The lowest BCUT2D eigenvalue weighted by Gasteiger charge is -2.18. The molecular weight excluding hydrogens is 154 g/mol. The average molecular weight is 163 g/mol. The Morgan fingerprint density at radius 1 is 1.58 bits per heavy atom. The molecule has 0 fully saturated rings. The molecule has 0 spiro atoms. The summed E-state index contributed by atoms with van der Waals surface area (Å²) < 4.78 is 0. The standard InChI is InChI=1S/C8H9N3O/c1-4-2-3-5-6(4)10-8(9)11-7(5)12/h2-3,6H,1H3,(H3,9,10,11,12). The number of fused-ring (bicyclic) bond motifs is 1. The smallest absolute Gasteiger partial charge is 0.256 e. The molecule has 62 valence electrons. The zero-order chi connectivity index (χ0) is 8.72. The molecule has 0 saturated heterocycles. The second kappa shape index (κ2) is 2.20. The molecule has 1 heterocycles. The van der Waals surface area contributed by atoms with Gasteiger partial charge in [-0.2, -0.15) is 0 Å². The van der Waals surface area contributed by atoms with Crippen LogP contribution in [-0.2, 0) is 4.79 Å². The minimum Gasteiger partial charge on any atom is -0.370 e. The third-order valence-electron chi connectivity index (χ3n) is 2.02. The molecule has 2 aliphatic rings. The molecule has 0 bridgehead atoms. The number of nitrogens with two attached hydrogens (primary N) is 1. The van der Waals surface area contributed by atoms with Crippen LogP contribution in [0.5, 0.6) is 0 Å². The van der Waals surface area contributed by atoms with E-state index in [0.29, 0.717) is 5.57 Å². The van der Waals surface area contributed by atoms with Gasteiger partial charge >= 0.3 is 0 Å². The fraction of sp³-hybridized carbons (Fsp3) is 0.250. The minimum absolute atomic E-state index is 0.138. The predicted molar refractivity (Wildman–Crippen MR) is 45.4 cm³/mol. The van der Waals surface area contributed by atoms with E-state index in [-0.39, 0.29) is 17.9 Å². The van der Waals surface area contributed by atoms with Gasteiger partial charge in [-0.25, -0.2) is 4.99 Å². The highest BCUT2D eigenvalue weighted by atomic mass is 16.2. The Morgan fingerprint density at radius 2 is 2.33 bits per heavy atom. The van der Waals surface area contributed by atoms with Crippen molar-refractivity contribution >= 4 is 11.9 Å². The van der Waals surface area contributed by atoms with E-state index in [1.54, 1.807) is 6.08 Å². The van der Waals surface area contributed by atoms with E-state index in [9.17, 15) is 4.79 Å². The molecule has 1 unspecified atom stereocenters. The highest BCUT2D eigenvalue weighted by Crippen LogP contribution is 2.24. The number of nitrogens with zero attached hydrogens (tertiary/aromatic N) is 1. The van der Waals surface area contributed by atoms with Crippen molar-refractivity contribution in [2.24, 2.45) is 10.7 Å². The van der Waals surface area contributed by atoms with Gasteiger partial charge in [0.2, 0.25) is 0 Å². The summed E-state index contributed by atoms with van der Waals surface area (Å²) >= 11 is 0. The van der Waals surface area contributed by atoms with Crippen molar-refractivity contribution in [3.8, 4) is 0 Å². The van der Waals surface area contributed by atoms with E-state index >= 15 is 0 Å². The Kier molecular flexibility index (Phi) is 1.30. The first kappa shape index (κ1) is 7.09. The SMILES string of the molecule is CC1=CC=C2C(=O)NC(N)=NC12. The van der Waals surface area contributed by atoms with Crippen molar-refractivity contribution in [2.45, 2.75) is 13.0 Å². The first-order valence-corrected chi connectivity index (χ1v) is 3.71. The minimum atomic E-state index is -0.140. The van der Waals surface area contributed by atoms with E-state index in [0.717, 1.165) is 5.57 Å². The van der Waals surface area contributed by atoms with Gasteiger partial charge in [-0.15, -0.1) is 0 Å². The number of hydrogen-bond acceptors (Lipinski definition) is 3. The highest BCUT2D eigenvalue weighted by molar-refractivity contribution is 6.09. The summed E-state index contributed by atoms with van der Waals surface area (Å²) in [5, 5.41) is 2.46. The maximum absolute atomic E-state index is 11.3. The average Bonchev–Trinajstić information content (AvgIpc) is 2.33. The van der Waals surface area contributed by atoms with Crippen LogP contribution in [0.4, 0.5) is 0 Å². The number of allylic oxidation sites excluding steroid dienone is 2. The summed E-state index contributed by atoms with van der Waals surface area (Å²) in [6.07, 6.45) is 3.67. The maximum Gasteiger partial charge on any atom is 0.256 e. The van der Waals surface area contributed by atoms with Crippen LogP contribution in [0.25, 0.3) is 0 Å². The van der Waals surface area contributed by atoms with Crippen molar-refractivity contribution in [3.63, 3.8) is 0 Å². The third-order valence-corrected chi connectivity index (χ3v) is 2.02. The molecule has 0 aromatic carbocycles. The van der Waals surface area contributed by atoms with Crippen LogP contribution in [0.1, 0.15) is 6.92 Å². The molecule has 12 heavy (non-hydrogen) atoms. The summed E-state index contributed by atoms with van der Waals surface area (Å²) in [5.41, 5.74) is 7.15. The van der Waals surface area contributed by atoms with Gasteiger partial charge in [0.05, 0.1) is 0 Å². The summed E-state index contributed by atoms with van der Waals surface area (Å²) in [5.74, 6) is 0.0670. The Morgan fingerprint density at radius 3 is 3.08 bits per heavy atom. The van der Waals surface area contributed by atoms with Gasteiger partial charge in [0.1, 0.15) is 6.04 Å². The fourth-order valence-electron chi connectivity index (χ4n) is 1.38. The molecular formula is C8H9N3O. The number of carbonyl (C=O) groups is 1. The maximum atomic E-state index is 11.3. The molecule has 0 aromatic heterocycles. The first-order valence-electron chi connectivity index (χ1n) is 3.71. The van der Waals surface area contributed by atoms with Crippen LogP contribution in [0.3, 0.4) is 0 Å². The molecule has 1 aliphatic carbocycles. The van der Waals surface area contributed by atoms with Crippen LogP contribution in [0.2, 0.25) is 0 Å². The Hall–Kier alpha value is -1.58. The topological polar surface area (TPSA) is 67.5 Å². The monoisotopic (exact) mass is 163 g/mol. The molecule has 0 saturated carbocycles. The quantitative estimate of drug-likeness (QED) is 0.514. The van der Waals surface area contributed by atoms with E-state index < -0.39 is 0 Å². The van der Waals surface area contributed by atoms with Gasteiger partial charge < -0.3 is 5.73 Å². The molecule has 2 rings (SSSR count). The molecule has 1 aliphatic heterocycles. The second-order valence-electron chi connectivity index (χ2n) is 2.90. The Balaban J connectivity index is 2.43. The van der Waals surface area contributed by atoms with Crippen molar-refractivity contribution in [1.29, 1.82) is 0 Å². The van der Waals surface area contributed by atoms with Crippen LogP contribution in [0, 0.1) is 0 Å². The molecule has 0 radical (unpaired) electrons. The number of carbonyl (C=O) groups excluding carboxylic acids is 1. The van der Waals surface area contributed by atoms with E-state index in [4.69, 9.17) is 5.73 Å². The lowest BCUT2D eigenvalue weighted by molar-refractivity contribution is -0.116. The first-order chi connectivity index (χ1) is 5.68. The molecule has 1 atom stereocenters. The number of guanidine groups is 1. The van der Waals surface area contributed by atoms with Crippen molar-refractivity contribution in [2.75, 3.05) is 0 Å². The summed E-state index contributed by atoms with van der Waals surface area (Å²) in [4.78, 5) is 15.4. The van der Waals surface area contributed by atoms with Crippen molar-refractivity contribution in [3.05, 3.63) is 23.3 Å². The lowest BCUT2D eigenvalue weighted by Crippen LogP contribution is -2.44. The van der Waals surface area contributed by atoms with Gasteiger partial charge in [-0.1, -0.05) is 12.2 Å². The van der Waals surface area contributed by atoms with Crippen LogP contribution in [0.15, 0.2) is 28.3 Å². The number of rotatable bonds is 0. The van der Waals surface area contributed by atoms with Gasteiger partial charge in [-0.05, 0) is 12.5 Å². The largest absolute Gasteiger partial charge is 0.370 e. The molecule has 4 heteroatoms. The highest BCUT2D eigenvalue weighted by Gasteiger charge is 2.29. The Labute approximate surface area is 69.8 Å². The van der Waals surface area contributed by atoms with Crippen molar-refractivity contribution < 1.29 is 4.79 Å². The van der Waals surface area contributed by atoms with Gasteiger partial charge in [-0.3, -0.25) is 10.1 Å². The van der Waals surface area contributed by atoms with Gasteiger partial charge in [0.25, 0.3) is 5.91 Å². The van der Waals surface area contributed by atoms with Crippen LogP contribution >= 0.6 is 0 Å². The number of hydrogen-bond donors (Lipinski definition) is 2. The molecule has 4 nitrogen and oxygen atoms in total. The number of amides is 1. The van der Waals surface area contributed by atoms with E-state index in [2.05, 4.69) is 10.3 Å². The zero-order valence-electron chi connectivity index (χ0n) is 6.66. The van der Waals surface area contributed by atoms with Crippen molar-refractivity contribution in [1.82, 2.24) is 5.32 Å². The van der Waals surface area contributed by atoms with Gasteiger partial charge in [0.15, 0.2) is 5.96 Å². The van der Waals surface area contributed by atoms with E-state index in [1.165, 1.54) is 0 Å². The molecule has 3 N–H and O–H groups in total. The van der Waals surface area contributed by atoms with Crippen LogP contribution < -0.4 is 11.1 Å². The normalized spacial score (nSPS) is 26.9. The van der Waals surface area contributed by atoms with Crippen LogP contribution in [-0.4, -0.2) is 17.9 Å². The predicted octanol–water partition coefficient (Wildman–Crippen LogP) is -0.314. The second-order valence-corrected chi connectivity index (χ2v) is 2.90. The molecule has 1 amide bonds. The van der Waals surface area contributed by atoms with E-state index in [1.807, 2.05) is 13.0 Å². The Bertz CT molecular complexity index is 338. The fourth-order valence-corrected chi connectivity index (χ4v) is 1.38. The number of nitrogens with one attached hydrogen (secondary N) is 1. The molecule has 0 aromatic rings. The van der Waals surface area contributed by atoms with Gasteiger partial charge in [0, 0.05) is 5.57 Å². The summed E-state index contributed by atoms with van der Waals surface area (Å²) in [6.45, 7) is 1.93. The summed E-state index contributed by atoms with van der Waals surface area (Å²) in [7, 11) is 0. The number of aliphatic imine (C=N–C) groups is 1. The summed E-state index contributed by atoms with van der Waals surface area (Å²) in [6, 6.07) is -0.140. The lowest BCUT2D eigenvalue weighted by atomic mass is 10.1.